The summed E-state index contributed by atoms with van der Waals surface area (Å²) in [6, 6.07) is 0.636. The van der Waals surface area contributed by atoms with Crippen LogP contribution < -0.4 is 5.32 Å². The van der Waals surface area contributed by atoms with Gasteiger partial charge < -0.3 is 5.32 Å². The fourth-order valence-corrected chi connectivity index (χ4v) is 2.79. The summed E-state index contributed by atoms with van der Waals surface area (Å²) in [7, 11) is 1.93. The number of aromatic nitrogens is 3. The predicted molar refractivity (Wildman–Crippen MR) is 57.3 cm³/mol. The van der Waals surface area contributed by atoms with E-state index >= 15 is 0 Å². The fourth-order valence-electron chi connectivity index (χ4n) is 1.75. The molecule has 1 saturated heterocycles. The Kier molecular flexibility index (Phi) is 3.08. The Balaban J connectivity index is 1.93. The molecule has 2 heterocycles. The van der Waals surface area contributed by atoms with Gasteiger partial charge in [-0.25, -0.2) is 9.67 Å². The van der Waals surface area contributed by atoms with Gasteiger partial charge in [-0.05, 0) is 19.4 Å². The van der Waals surface area contributed by atoms with Gasteiger partial charge in [-0.3, -0.25) is 0 Å². The molecule has 0 aliphatic carbocycles. The van der Waals surface area contributed by atoms with Crippen molar-refractivity contribution in [2.24, 2.45) is 7.05 Å². The molecule has 2 unspecified atom stereocenters. The zero-order chi connectivity index (χ0) is 9.97. The van der Waals surface area contributed by atoms with E-state index in [2.05, 4.69) is 22.3 Å². The minimum absolute atomic E-state index is 0.570. The van der Waals surface area contributed by atoms with Gasteiger partial charge >= 0.3 is 0 Å². The molecular formula is C9H16N4S. The summed E-state index contributed by atoms with van der Waals surface area (Å²) < 4.78 is 1.83. The third kappa shape index (κ3) is 2.09. The van der Waals surface area contributed by atoms with Crippen molar-refractivity contribution in [3.63, 3.8) is 0 Å². The molecule has 0 amide bonds. The van der Waals surface area contributed by atoms with Gasteiger partial charge in [-0.15, -0.1) is 0 Å². The smallest absolute Gasteiger partial charge is 0.186 e. The first-order chi connectivity index (χ1) is 6.77. The Labute approximate surface area is 88.5 Å². The molecule has 1 fully saturated rings. The average molecular weight is 212 g/mol. The molecule has 0 spiro atoms. The van der Waals surface area contributed by atoms with Crippen molar-refractivity contribution in [2.45, 2.75) is 36.2 Å². The highest BCUT2D eigenvalue weighted by Gasteiger charge is 2.22. The molecule has 5 heteroatoms. The minimum Gasteiger partial charge on any atom is -0.313 e. The summed E-state index contributed by atoms with van der Waals surface area (Å²) in [5, 5.41) is 9.15. The van der Waals surface area contributed by atoms with Crippen molar-refractivity contribution in [3.8, 4) is 0 Å². The zero-order valence-electron chi connectivity index (χ0n) is 8.60. The normalized spacial score (nSPS) is 24.0. The first-order valence-electron chi connectivity index (χ1n) is 5.01. The number of hydrogen-bond acceptors (Lipinski definition) is 4. The van der Waals surface area contributed by atoms with Crippen molar-refractivity contribution in [1.82, 2.24) is 20.1 Å². The number of rotatable bonds is 3. The Morgan fingerprint density at radius 2 is 2.57 bits per heavy atom. The largest absolute Gasteiger partial charge is 0.313 e. The molecule has 1 aromatic rings. The molecule has 0 bridgehead atoms. The molecule has 1 aliphatic rings. The molecule has 0 radical (unpaired) electrons. The van der Waals surface area contributed by atoms with Gasteiger partial charge in [0.1, 0.15) is 6.33 Å². The lowest BCUT2D eigenvalue weighted by Gasteiger charge is -2.17. The number of hydrogen-bond donors (Lipinski definition) is 1. The Morgan fingerprint density at radius 1 is 1.71 bits per heavy atom. The molecule has 1 aliphatic heterocycles. The monoisotopic (exact) mass is 212 g/mol. The number of aryl methyl sites for hydroxylation is 1. The van der Waals surface area contributed by atoms with Crippen LogP contribution in [0.25, 0.3) is 0 Å². The second-order valence-corrected chi connectivity index (χ2v) is 5.04. The summed E-state index contributed by atoms with van der Waals surface area (Å²) in [6.45, 7) is 3.41. The quantitative estimate of drug-likeness (QED) is 0.760. The summed E-state index contributed by atoms with van der Waals surface area (Å²) >= 11 is 1.80. The third-order valence-corrected chi connectivity index (χ3v) is 3.91. The Bertz CT molecular complexity index is 293. The lowest BCUT2D eigenvalue weighted by atomic mass is 10.2. The summed E-state index contributed by atoms with van der Waals surface area (Å²) in [6.07, 6.45) is 4.19. The summed E-state index contributed by atoms with van der Waals surface area (Å²) in [5.41, 5.74) is 0. The van der Waals surface area contributed by atoms with Gasteiger partial charge in [0.25, 0.3) is 0 Å². The highest BCUT2D eigenvalue weighted by molar-refractivity contribution is 7.99. The van der Waals surface area contributed by atoms with Crippen LogP contribution in [0.15, 0.2) is 11.5 Å². The van der Waals surface area contributed by atoms with Crippen LogP contribution in [0, 0.1) is 0 Å². The van der Waals surface area contributed by atoms with Gasteiger partial charge in [0.15, 0.2) is 5.16 Å². The van der Waals surface area contributed by atoms with E-state index < -0.39 is 0 Å². The topological polar surface area (TPSA) is 42.7 Å². The molecule has 4 nitrogen and oxygen atoms in total. The summed E-state index contributed by atoms with van der Waals surface area (Å²) in [4.78, 5) is 4.21. The van der Waals surface area contributed by atoms with E-state index in [4.69, 9.17) is 0 Å². The maximum absolute atomic E-state index is 4.21. The van der Waals surface area contributed by atoms with Crippen LogP contribution >= 0.6 is 11.8 Å². The van der Waals surface area contributed by atoms with E-state index in [1.54, 1.807) is 18.1 Å². The van der Waals surface area contributed by atoms with E-state index in [9.17, 15) is 0 Å². The van der Waals surface area contributed by atoms with Gasteiger partial charge in [-0.1, -0.05) is 18.7 Å². The lowest BCUT2D eigenvalue weighted by Crippen LogP contribution is -2.30. The Hall–Kier alpha value is -0.550. The van der Waals surface area contributed by atoms with Crippen molar-refractivity contribution in [1.29, 1.82) is 0 Å². The highest BCUT2D eigenvalue weighted by atomic mass is 32.2. The molecule has 0 saturated carbocycles. The van der Waals surface area contributed by atoms with Gasteiger partial charge in [0.05, 0.1) is 0 Å². The Morgan fingerprint density at radius 3 is 3.14 bits per heavy atom. The fraction of sp³-hybridized carbons (Fsp3) is 0.778. The molecule has 78 valence electrons. The van der Waals surface area contributed by atoms with Gasteiger partial charge in [0.2, 0.25) is 0 Å². The van der Waals surface area contributed by atoms with Crippen LogP contribution in [0.3, 0.4) is 0 Å². The number of nitrogens with one attached hydrogen (secondary N) is 1. The van der Waals surface area contributed by atoms with E-state index in [1.807, 2.05) is 11.7 Å². The second kappa shape index (κ2) is 4.31. The van der Waals surface area contributed by atoms with Crippen molar-refractivity contribution in [3.05, 3.63) is 6.33 Å². The van der Waals surface area contributed by atoms with Crippen molar-refractivity contribution < 1.29 is 0 Å². The standard InChI is InChI=1S/C9H16N4S/c1-7(8-4-3-5-10-8)14-9-11-6-12-13(9)2/h6-8,10H,3-5H2,1-2H3. The molecular weight excluding hydrogens is 196 g/mol. The first kappa shape index (κ1) is 9.98. The van der Waals surface area contributed by atoms with Gasteiger partial charge in [-0.2, -0.15) is 5.10 Å². The van der Waals surface area contributed by atoms with E-state index in [0.717, 1.165) is 11.7 Å². The molecule has 0 aromatic carbocycles. The molecule has 14 heavy (non-hydrogen) atoms. The van der Waals surface area contributed by atoms with Crippen LogP contribution in [0.1, 0.15) is 19.8 Å². The number of nitrogens with zero attached hydrogens (tertiary/aromatic N) is 3. The van der Waals surface area contributed by atoms with Crippen LogP contribution in [-0.2, 0) is 7.05 Å². The zero-order valence-corrected chi connectivity index (χ0v) is 9.42. The first-order valence-corrected chi connectivity index (χ1v) is 5.89. The lowest BCUT2D eigenvalue weighted by molar-refractivity contribution is 0.595. The van der Waals surface area contributed by atoms with Gasteiger partial charge in [0, 0.05) is 18.3 Å². The summed E-state index contributed by atoms with van der Waals surface area (Å²) in [5.74, 6) is 0. The highest BCUT2D eigenvalue weighted by Crippen LogP contribution is 2.25. The predicted octanol–water partition coefficient (Wildman–Crippen LogP) is 1.05. The molecule has 2 rings (SSSR count). The average Bonchev–Trinajstić information content (AvgIpc) is 2.77. The molecule has 1 N–H and O–H groups in total. The SMILES string of the molecule is CC(Sc1ncnn1C)C1CCCN1. The van der Waals surface area contributed by atoms with Crippen LogP contribution in [0.2, 0.25) is 0 Å². The van der Waals surface area contributed by atoms with Crippen LogP contribution in [0.4, 0.5) is 0 Å². The van der Waals surface area contributed by atoms with E-state index in [-0.39, 0.29) is 0 Å². The van der Waals surface area contributed by atoms with Crippen LogP contribution in [-0.4, -0.2) is 32.6 Å². The van der Waals surface area contributed by atoms with E-state index in [0.29, 0.717) is 11.3 Å². The second-order valence-electron chi connectivity index (χ2n) is 3.69. The third-order valence-electron chi connectivity index (χ3n) is 2.63. The van der Waals surface area contributed by atoms with Crippen molar-refractivity contribution >= 4 is 11.8 Å². The maximum Gasteiger partial charge on any atom is 0.186 e. The maximum atomic E-state index is 4.21. The van der Waals surface area contributed by atoms with E-state index in [1.165, 1.54) is 12.8 Å². The van der Waals surface area contributed by atoms with Crippen LogP contribution in [0.5, 0.6) is 0 Å². The minimum atomic E-state index is 0.570. The molecule has 1 aromatic heterocycles. The number of thioether (sulfide) groups is 1. The molecule has 2 atom stereocenters. The van der Waals surface area contributed by atoms with Crippen molar-refractivity contribution in [2.75, 3.05) is 6.54 Å².